The van der Waals surface area contributed by atoms with Crippen LogP contribution in [-0.4, -0.2) is 50.8 Å². The lowest BCUT2D eigenvalue weighted by Crippen LogP contribution is -2.36. The van der Waals surface area contributed by atoms with Crippen LogP contribution in [-0.2, 0) is 9.47 Å². The topological polar surface area (TPSA) is 123 Å². The van der Waals surface area contributed by atoms with Gasteiger partial charge < -0.3 is 19.7 Å². The van der Waals surface area contributed by atoms with E-state index in [1.807, 2.05) is 0 Å². The van der Waals surface area contributed by atoms with Crippen molar-refractivity contribution in [1.29, 1.82) is 0 Å². The highest BCUT2D eigenvalue weighted by Gasteiger charge is 2.42. The highest BCUT2D eigenvalue weighted by atomic mass is 19.1. The lowest BCUT2D eigenvalue weighted by atomic mass is 10.1. The number of nitrogens with zero attached hydrogens (tertiary/aromatic N) is 2. The quantitative estimate of drug-likeness (QED) is 0.180. The van der Waals surface area contributed by atoms with Gasteiger partial charge in [0.25, 0.3) is 0 Å². The van der Waals surface area contributed by atoms with Gasteiger partial charge in [-0.2, -0.15) is 4.98 Å². The smallest absolute Gasteiger partial charge is 0.412 e. The van der Waals surface area contributed by atoms with Gasteiger partial charge in [-0.1, -0.05) is 69.8 Å². The van der Waals surface area contributed by atoms with Crippen LogP contribution in [0, 0.1) is 5.82 Å². The van der Waals surface area contributed by atoms with E-state index in [9.17, 15) is 24.2 Å². The van der Waals surface area contributed by atoms with Gasteiger partial charge in [0.15, 0.2) is 17.9 Å². The summed E-state index contributed by atoms with van der Waals surface area (Å²) in [5.74, 6) is -1.57. The van der Waals surface area contributed by atoms with Crippen LogP contribution in [0.15, 0.2) is 35.3 Å². The normalized spacial score (nSPS) is 21.5. The molecule has 4 atom stereocenters. The van der Waals surface area contributed by atoms with Crippen molar-refractivity contribution in [3.8, 4) is 0 Å². The maximum atomic E-state index is 14.4. The van der Waals surface area contributed by atoms with Crippen molar-refractivity contribution >= 4 is 11.9 Å². The van der Waals surface area contributed by atoms with Gasteiger partial charge in [-0.05, 0) is 45.4 Å². The minimum absolute atomic E-state index is 0.178. The molecular formula is C28H44FN3O6. The minimum atomic E-state index is -1.41. The number of anilines is 1. The Morgan fingerprint density at radius 1 is 1.05 bits per heavy atom. The third-order valence-corrected chi connectivity index (χ3v) is 6.46. The van der Waals surface area contributed by atoms with Crippen LogP contribution in [0.2, 0.25) is 0 Å². The van der Waals surface area contributed by atoms with Gasteiger partial charge in [0, 0.05) is 0 Å². The number of aliphatic hydroxyl groups excluding tert-OH is 2. The third kappa shape index (κ3) is 11.0. The zero-order valence-corrected chi connectivity index (χ0v) is 22.7. The average molecular weight is 538 g/mol. The third-order valence-electron chi connectivity index (χ3n) is 6.46. The number of hydrogen-bond acceptors (Lipinski definition) is 7. The molecule has 2 rings (SSSR count). The van der Waals surface area contributed by atoms with Gasteiger partial charge in [-0.3, -0.25) is 9.88 Å². The van der Waals surface area contributed by atoms with E-state index in [1.165, 1.54) is 39.0 Å². The number of carbonyl (C=O) groups excluding carboxylic acids is 1. The molecule has 214 valence electrons. The minimum Gasteiger partial charge on any atom is -0.449 e. The summed E-state index contributed by atoms with van der Waals surface area (Å²) in [7, 11) is 0. The van der Waals surface area contributed by atoms with Crippen LogP contribution < -0.4 is 11.0 Å². The molecule has 1 saturated heterocycles. The van der Waals surface area contributed by atoms with Crippen molar-refractivity contribution in [2.75, 3.05) is 11.9 Å². The zero-order chi connectivity index (χ0) is 27.8. The Labute approximate surface area is 224 Å². The summed E-state index contributed by atoms with van der Waals surface area (Å²) in [4.78, 5) is 27.7. The number of hydrogen-bond donors (Lipinski definition) is 3. The van der Waals surface area contributed by atoms with E-state index in [0.29, 0.717) is 6.42 Å². The number of aromatic nitrogens is 2. The molecule has 2 heterocycles. The summed E-state index contributed by atoms with van der Waals surface area (Å²) in [6.07, 6.45) is 17.4. The van der Waals surface area contributed by atoms with Crippen LogP contribution >= 0.6 is 0 Å². The molecule has 0 bridgehead atoms. The Hall–Kier alpha value is -2.56. The fraction of sp³-hybridized carbons (Fsp3) is 0.679. The molecule has 38 heavy (non-hydrogen) atoms. The highest BCUT2D eigenvalue weighted by molar-refractivity contribution is 5.83. The summed E-state index contributed by atoms with van der Waals surface area (Å²) in [5, 5.41) is 21.9. The standard InChI is InChI=1S/C28H44FN3O6/c1-3-4-5-6-7-8-9-10-11-12-13-14-15-16-17-18-19-37-28(36)31-25-22(29)20-32(27(35)30-25)26-24(34)23(33)21(2)38-26/h7-8,10-11,20-21,23-24,26,33-34H,3-6,9,12-19H2,1-2H3,(H,30,31,35,36)/t21-,23-,24-,26-/m1/s1. The molecule has 0 aliphatic carbocycles. The first kappa shape index (κ1) is 31.7. The summed E-state index contributed by atoms with van der Waals surface area (Å²) < 4.78 is 25.5. The number of halogens is 1. The van der Waals surface area contributed by atoms with Crippen molar-refractivity contribution in [2.45, 2.75) is 115 Å². The first-order valence-corrected chi connectivity index (χ1v) is 13.9. The monoisotopic (exact) mass is 537 g/mol. The average Bonchev–Trinajstić information content (AvgIpc) is 3.14. The maximum Gasteiger partial charge on any atom is 0.412 e. The molecular weight excluding hydrogens is 493 g/mol. The molecule has 10 heteroatoms. The number of ether oxygens (including phenoxy) is 2. The SMILES string of the molecule is CCCCCC=CCC=CCCCCCCCCOC(=O)Nc1nc(=O)n([C@@H]2O[C@H](C)[C@@H](O)[C@H]2O)cc1F. The van der Waals surface area contributed by atoms with Crippen molar-refractivity contribution in [2.24, 2.45) is 0 Å². The Bertz CT molecular complexity index is 951. The summed E-state index contributed by atoms with van der Waals surface area (Å²) in [5.41, 5.74) is -0.947. The Kier molecular flexibility index (Phi) is 14.9. The molecule has 0 radical (unpaired) electrons. The molecule has 0 unspecified atom stereocenters. The molecule has 1 aromatic rings. The predicted molar refractivity (Wildman–Crippen MR) is 144 cm³/mol. The highest BCUT2D eigenvalue weighted by Crippen LogP contribution is 2.28. The fourth-order valence-electron chi connectivity index (χ4n) is 4.16. The van der Waals surface area contributed by atoms with Crippen LogP contribution in [0.3, 0.4) is 0 Å². The van der Waals surface area contributed by atoms with E-state index in [2.05, 4.69) is 41.5 Å². The molecule has 3 N–H and O–H groups in total. The molecule has 9 nitrogen and oxygen atoms in total. The van der Waals surface area contributed by atoms with E-state index in [0.717, 1.165) is 49.3 Å². The van der Waals surface area contributed by atoms with Gasteiger partial charge >= 0.3 is 11.8 Å². The van der Waals surface area contributed by atoms with Crippen LogP contribution in [0.25, 0.3) is 0 Å². The van der Waals surface area contributed by atoms with E-state index in [-0.39, 0.29) is 6.61 Å². The number of nitrogens with one attached hydrogen (secondary N) is 1. The first-order chi connectivity index (χ1) is 18.3. The van der Waals surface area contributed by atoms with E-state index >= 15 is 0 Å². The second kappa shape index (κ2) is 17.9. The fourth-order valence-corrected chi connectivity index (χ4v) is 4.16. The lowest BCUT2D eigenvalue weighted by Gasteiger charge is -2.17. The molecule has 0 aromatic carbocycles. The molecule has 1 amide bonds. The molecule has 1 aromatic heterocycles. The van der Waals surface area contributed by atoms with Crippen molar-refractivity contribution < 1.29 is 28.9 Å². The van der Waals surface area contributed by atoms with Crippen molar-refractivity contribution in [1.82, 2.24) is 9.55 Å². The number of carbonyl (C=O) groups is 1. The molecule has 0 saturated carbocycles. The van der Waals surface area contributed by atoms with E-state index in [1.54, 1.807) is 0 Å². The number of aliphatic hydroxyl groups is 2. The molecule has 1 fully saturated rings. The molecule has 0 spiro atoms. The van der Waals surface area contributed by atoms with Gasteiger partial charge in [-0.25, -0.2) is 14.0 Å². The van der Waals surface area contributed by atoms with Crippen molar-refractivity contribution in [3.05, 3.63) is 46.8 Å². The molecule has 1 aliphatic rings. The number of unbranched alkanes of at least 4 members (excludes halogenated alkanes) is 9. The first-order valence-electron chi connectivity index (χ1n) is 13.9. The Balaban J connectivity index is 1.54. The van der Waals surface area contributed by atoms with Crippen LogP contribution in [0.4, 0.5) is 15.0 Å². The largest absolute Gasteiger partial charge is 0.449 e. The summed E-state index contributed by atoms with van der Waals surface area (Å²) >= 11 is 0. The van der Waals surface area contributed by atoms with Crippen molar-refractivity contribution in [3.63, 3.8) is 0 Å². The van der Waals surface area contributed by atoms with Gasteiger partial charge in [-0.15, -0.1) is 0 Å². The second-order valence-electron chi connectivity index (χ2n) is 9.69. The maximum absolute atomic E-state index is 14.4. The lowest BCUT2D eigenvalue weighted by molar-refractivity contribution is -0.0355. The molecule has 1 aliphatic heterocycles. The Morgan fingerprint density at radius 3 is 2.32 bits per heavy atom. The second-order valence-corrected chi connectivity index (χ2v) is 9.69. The van der Waals surface area contributed by atoms with Gasteiger partial charge in [0.05, 0.1) is 18.9 Å². The predicted octanol–water partition coefficient (Wildman–Crippen LogP) is 5.38. The zero-order valence-electron chi connectivity index (χ0n) is 22.7. The summed E-state index contributed by atoms with van der Waals surface area (Å²) in [6.45, 7) is 3.91. The number of allylic oxidation sites excluding steroid dienone is 4. The van der Waals surface area contributed by atoms with Gasteiger partial charge in [0.1, 0.15) is 12.2 Å². The number of amides is 1. The van der Waals surface area contributed by atoms with E-state index in [4.69, 9.17) is 9.47 Å². The van der Waals surface area contributed by atoms with Crippen LogP contribution in [0.5, 0.6) is 0 Å². The Morgan fingerprint density at radius 2 is 1.68 bits per heavy atom. The van der Waals surface area contributed by atoms with E-state index < -0.39 is 48.0 Å². The van der Waals surface area contributed by atoms with Crippen LogP contribution in [0.1, 0.15) is 97.1 Å². The number of rotatable bonds is 17. The van der Waals surface area contributed by atoms with Gasteiger partial charge in [0.2, 0.25) is 0 Å². The summed E-state index contributed by atoms with van der Waals surface area (Å²) in [6, 6.07) is 0.